The molecule has 0 aliphatic heterocycles. The van der Waals surface area contributed by atoms with Gasteiger partial charge < -0.3 is 10.1 Å². The molecule has 0 spiro atoms. The zero-order chi connectivity index (χ0) is 12.3. The monoisotopic (exact) mass is 293 g/mol. The van der Waals surface area contributed by atoms with Crippen LogP contribution in [0.2, 0.25) is 0 Å². The van der Waals surface area contributed by atoms with E-state index in [1.54, 1.807) is 7.11 Å². The zero-order valence-electron chi connectivity index (χ0n) is 9.57. The Morgan fingerprint density at radius 3 is 2.76 bits per heavy atom. The highest BCUT2D eigenvalue weighted by molar-refractivity contribution is 9.10. The summed E-state index contributed by atoms with van der Waals surface area (Å²) in [5.74, 6) is 2.27. The van der Waals surface area contributed by atoms with E-state index in [9.17, 15) is 0 Å². The van der Waals surface area contributed by atoms with Crippen molar-refractivity contribution in [1.29, 1.82) is 0 Å². The van der Waals surface area contributed by atoms with Gasteiger partial charge in [0.25, 0.3) is 0 Å². The maximum atomic E-state index is 5.16. The first kappa shape index (κ1) is 11.9. The fraction of sp³-hybridized carbons (Fsp3) is 0.167. The number of nitrogens with zero attached hydrogens (tertiary/aromatic N) is 2. The molecule has 0 saturated carbocycles. The van der Waals surface area contributed by atoms with Crippen molar-refractivity contribution in [3.63, 3.8) is 0 Å². The molecule has 0 aliphatic rings. The molecule has 5 heteroatoms. The number of anilines is 2. The molecule has 0 radical (unpaired) electrons. The Morgan fingerprint density at radius 1 is 1.24 bits per heavy atom. The quantitative estimate of drug-likeness (QED) is 0.882. The molecule has 0 unspecified atom stereocenters. The maximum absolute atomic E-state index is 5.16. The molecule has 2 rings (SSSR count). The van der Waals surface area contributed by atoms with Crippen LogP contribution in [0.5, 0.6) is 5.75 Å². The second kappa shape index (κ2) is 5.14. The van der Waals surface area contributed by atoms with E-state index in [1.165, 1.54) is 0 Å². The van der Waals surface area contributed by atoms with Gasteiger partial charge in [0, 0.05) is 17.8 Å². The van der Waals surface area contributed by atoms with Crippen LogP contribution in [0.4, 0.5) is 11.5 Å². The number of hydrogen-bond acceptors (Lipinski definition) is 4. The largest absolute Gasteiger partial charge is 0.497 e. The molecule has 0 amide bonds. The molecule has 1 aromatic heterocycles. The summed E-state index contributed by atoms with van der Waals surface area (Å²) in [7, 11) is 1.64. The van der Waals surface area contributed by atoms with Crippen LogP contribution in [-0.2, 0) is 0 Å². The summed E-state index contributed by atoms with van der Waals surface area (Å²) in [6.45, 7) is 1.85. The Labute approximate surface area is 108 Å². The van der Waals surface area contributed by atoms with E-state index in [0.717, 1.165) is 21.9 Å². The minimum absolute atomic E-state index is 0.713. The molecule has 0 saturated heterocycles. The Bertz CT molecular complexity index is 511. The Morgan fingerprint density at radius 2 is 2.06 bits per heavy atom. The van der Waals surface area contributed by atoms with Crippen LogP contribution in [0.25, 0.3) is 0 Å². The molecule has 0 fully saturated rings. The van der Waals surface area contributed by atoms with E-state index in [2.05, 4.69) is 31.2 Å². The van der Waals surface area contributed by atoms with E-state index in [-0.39, 0.29) is 0 Å². The molecule has 17 heavy (non-hydrogen) atoms. The summed E-state index contributed by atoms with van der Waals surface area (Å²) < 4.78 is 5.92. The molecule has 1 N–H and O–H groups in total. The Balaban J connectivity index is 2.24. The van der Waals surface area contributed by atoms with Crippen molar-refractivity contribution in [1.82, 2.24) is 9.97 Å². The topological polar surface area (TPSA) is 47.0 Å². The third-order valence-electron chi connectivity index (χ3n) is 2.15. The SMILES string of the molecule is COc1cccc(Nc2cc(Br)nc(C)n2)c1. The van der Waals surface area contributed by atoms with Crippen molar-refractivity contribution < 1.29 is 4.74 Å². The first-order valence-corrected chi connectivity index (χ1v) is 5.89. The van der Waals surface area contributed by atoms with Gasteiger partial charge in [-0.1, -0.05) is 6.07 Å². The fourth-order valence-corrected chi connectivity index (χ4v) is 1.92. The maximum Gasteiger partial charge on any atom is 0.135 e. The Kier molecular flexibility index (Phi) is 3.58. The molecular formula is C12H12BrN3O. The van der Waals surface area contributed by atoms with Gasteiger partial charge in [-0.05, 0) is 35.0 Å². The third-order valence-corrected chi connectivity index (χ3v) is 2.56. The summed E-state index contributed by atoms with van der Waals surface area (Å²) in [6, 6.07) is 9.50. The summed E-state index contributed by atoms with van der Waals surface area (Å²) in [4.78, 5) is 8.44. The van der Waals surface area contributed by atoms with Gasteiger partial charge in [0.15, 0.2) is 0 Å². The molecule has 0 atom stereocenters. The van der Waals surface area contributed by atoms with Gasteiger partial charge in [0.1, 0.15) is 22.0 Å². The number of methoxy groups -OCH3 is 1. The first-order valence-electron chi connectivity index (χ1n) is 5.09. The van der Waals surface area contributed by atoms with Gasteiger partial charge >= 0.3 is 0 Å². The van der Waals surface area contributed by atoms with Crippen LogP contribution in [0.15, 0.2) is 34.9 Å². The number of benzene rings is 1. The van der Waals surface area contributed by atoms with E-state index in [0.29, 0.717) is 5.82 Å². The van der Waals surface area contributed by atoms with Gasteiger partial charge in [-0.25, -0.2) is 9.97 Å². The summed E-state index contributed by atoms with van der Waals surface area (Å²) >= 11 is 3.34. The standard InChI is InChI=1S/C12H12BrN3O/c1-8-14-11(13)7-12(15-8)16-9-4-3-5-10(6-9)17-2/h3-7H,1-2H3,(H,14,15,16). The highest BCUT2D eigenvalue weighted by atomic mass is 79.9. The fourth-order valence-electron chi connectivity index (χ4n) is 1.44. The molecule has 1 aromatic carbocycles. The zero-order valence-corrected chi connectivity index (χ0v) is 11.2. The van der Waals surface area contributed by atoms with Gasteiger partial charge in [-0.2, -0.15) is 0 Å². The minimum Gasteiger partial charge on any atom is -0.497 e. The van der Waals surface area contributed by atoms with Gasteiger partial charge in [-0.15, -0.1) is 0 Å². The summed E-state index contributed by atoms with van der Waals surface area (Å²) in [5, 5.41) is 3.20. The second-order valence-corrected chi connectivity index (χ2v) is 4.29. The van der Waals surface area contributed by atoms with E-state index in [4.69, 9.17) is 4.74 Å². The van der Waals surface area contributed by atoms with Crippen molar-refractivity contribution in [2.45, 2.75) is 6.92 Å². The second-order valence-electron chi connectivity index (χ2n) is 3.48. The van der Waals surface area contributed by atoms with Crippen molar-refractivity contribution in [2.75, 3.05) is 12.4 Å². The highest BCUT2D eigenvalue weighted by Gasteiger charge is 2.01. The normalized spacial score (nSPS) is 10.1. The van der Waals surface area contributed by atoms with Crippen molar-refractivity contribution in [3.8, 4) is 5.75 Å². The van der Waals surface area contributed by atoms with Crippen molar-refractivity contribution >= 4 is 27.4 Å². The highest BCUT2D eigenvalue weighted by Crippen LogP contribution is 2.21. The Hall–Kier alpha value is -1.62. The smallest absolute Gasteiger partial charge is 0.135 e. The van der Waals surface area contributed by atoms with Crippen LogP contribution in [0, 0.1) is 6.92 Å². The van der Waals surface area contributed by atoms with Crippen molar-refractivity contribution in [2.24, 2.45) is 0 Å². The van der Waals surface area contributed by atoms with Crippen LogP contribution < -0.4 is 10.1 Å². The predicted octanol–water partition coefficient (Wildman–Crippen LogP) is 3.30. The van der Waals surface area contributed by atoms with Crippen LogP contribution >= 0.6 is 15.9 Å². The van der Waals surface area contributed by atoms with E-state index >= 15 is 0 Å². The summed E-state index contributed by atoms with van der Waals surface area (Å²) in [6.07, 6.45) is 0. The molecule has 88 valence electrons. The molecule has 0 bridgehead atoms. The lowest BCUT2D eigenvalue weighted by molar-refractivity contribution is 0.415. The average Bonchev–Trinajstić information content (AvgIpc) is 2.28. The van der Waals surface area contributed by atoms with Gasteiger partial charge in [0.2, 0.25) is 0 Å². The summed E-state index contributed by atoms with van der Waals surface area (Å²) in [5.41, 5.74) is 0.925. The number of nitrogens with one attached hydrogen (secondary N) is 1. The molecular weight excluding hydrogens is 282 g/mol. The van der Waals surface area contributed by atoms with E-state index in [1.807, 2.05) is 37.3 Å². The molecule has 2 aromatic rings. The number of hydrogen-bond donors (Lipinski definition) is 1. The number of halogens is 1. The van der Waals surface area contributed by atoms with Crippen LogP contribution in [0.3, 0.4) is 0 Å². The third kappa shape index (κ3) is 3.17. The number of aryl methyl sites for hydroxylation is 1. The predicted molar refractivity (Wildman–Crippen MR) is 70.7 cm³/mol. The number of rotatable bonds is 3. The molecule has 0 aliphatic carbocycles. The first-order chi connectivity index (χ1) is 8.17. The lowest BCUT2D eigenvalue weighted by Crippen LogP contribution is -1.97. The van der Waals surface area contributed by atoms with Gasteiger partial charge in [-0.3, -0.25) is 0 Å². The molecule has 4 nitrogen and oxygen atoms in total. The average molecular weight is 294 g/mol. The molecule has 1 heterocycles. The van der Waals surface area contributed by atoms with Gasteiger partial charge in [0.05, 0.1) is 7.11 Å². The number of aromatic nitrogens is 2. The lowest BCUT2D eigenvalue weighted by Gasteiger charge is -2.08. The lowest BCUT2D eigenvalue weighted by atomic mass is 10.3. The van der Waals surface area contributed by atoms with Crippen LogP contribution in [-0.4, -0.2) is 17.1 Å². The minimum atomic E-state index is 0.713. The number of ether oxygens (including phenoxy) is 1. The van der Waals surface area contributed by atoms with Crippen LogP contribution in [0.1, 0.15) is 5.82 Å². The van der Waals surface area contributed by atoms with E-state index < -0.39 is 0 Å². The van der Waals surface area contributed by atoms with Crippen molar-refractivity contribution in [3.05, 3.63) is 40.8 Å².